The molecule has 3 N–H and O–H groups in total. The second kappa shape index (κ2) is 12.5. The Bertz CT molecular complexity index is 1790. The molecule has 2 aliphatic heterocycles. The molecule has 2 aliphatic rings. The van der Waals surface area contributed by atoms with Gasteiger partial charge in [-0.2, -0.15) is 0 Å². The smallest absolute Gasteiger partial charge is 0.277 e. The van der Waals surface area contributed by atoms with Gasteiger partial charge < -0.3 is 35.1 Å². The highest BCUT2D eigenvalue weighted by atomic mass is 16.4. The number of carboxylic acids is 2. The maximum Gasteiger partial charge on any atom is 0.277 e. The fourth-order valence-electron chi connectivity index (χ4n) is 5.70. The van der Waals surface area contributed by atoms with Crippen LogP contribution in [0.2, 0.25) is 0 Å². The second-order valence-corrected chi connectivity index (χ2v) is 10.8. The summed E-state index contributed by atoms with van der Waals surface area (Å²) >= 11 is 0. The molecule has 224 valence electrons. The van der Waals surface area contributed by atoms with E-state index in [-0.39, 0.29) is 43.5 Å². The van der Waals surface area contributed by atoms with Gasteiger partial charge in [0.2, 0.25) is 5.91 Å². The lowest BCUT2D eigenvalue weighted by Crippen LogP contribution is -2.30. The van der Waals surface area contributed by atoms with E-state index < -0.39 is 11.9 Å². The summed E-state index contributed by atoms with van der Waals surface area (Å²) in [5, 5.41) is 27.0. The largest absolute Gasteiger partial charge is 0.550 e. The summed E-state index contributed by atoms with van der Waals surface area (Å²) in [6.07, 6.45) is 7.15. The third kappa shape index (κ3) is 6.28. The standard InChI is InChI=1S/C33H36N4O6/c1-7-20-19(6)32(42)37-27(20)14-25-18(5)23(10-12-31(40)41)29(35-25)15-28-22(9-11-30(38)39)17(4)24(34-28)13-26-16(3)21(8-2)33(43)36-26/h7-8,13,15,27,34-35H,1-2,9-12,14H2,3-6H3,(H,37,42)(H,38,39)(H,40,41)/p-2/b24-13?,28-15-/t27-/m1/s1. The normalized spacial score (nSPS) is 17.7. The molecule has 0 saturated heterocycles. The quantitative estimate of drug-likeness (QED) is 0.317. The number of H-pyrrole nitrogens is 2. The van der Waals surface area contributed by atoms with Crippen molar-refractivity contribution in [3.05, 3.63) is 91.9 Å². The molecule has 10 heteroatoms. The van der Waals surface area contributed by atoms with Crippen molar-refractivity contribution >= 4 is 41.6 Å². The number of aliphatic carboxylic acids is 2. The van der Waals surface area contributed by atoms with Crippen molar-refractivity contribution < 1.29 is 29.4 Å². The third-order valence-corrected chi connectivity index (χ3v) is 8.22. The molecule has 2 amide bonds. The van der Waals surface area contributed by atoms with Crippen molar-refractivity contribution in [1.29, 1.82) is 0 Å². The minimum Gasteiger partial charge on any atom is -0.550 e. The second-order valence-electron chi connectivity index (χ2n) is 10.8. The first kappa shape index (κ1) is 31.0. The van der Waals surface area contributed by atoms with E-state index in [1.807, 2.05) is 19.9 Å². The SMILES string of the molecule is C=CC1=C(C)C(C=c2[nH]/c(=C\c3[nH]c(C[C@H]4NC(=O)C(C)=C4C=C)c(C)c3CCC(=O)[O-])c(CCC(=O)[O-])c2C)=NC1=O. The number of carbonyl (C=O) groups is 4. The highest BCUT2D eigenvalue weighted by molar-refractivity contribution is 6.31. The van der Waals surface area contributed by atoms with Crippen molar-refractivity contribution in [2.45, 2.75) is 65.8 Å². The number of allylic oxidation sites excluding steroid dienone is 1. The van der Waals surface area contributed by atoms with Gasteiger partial charge in [0.25, 0.3) is 5.91 Å². The van der Waals surface area contributed by atoms with Gasteiger partial charge in [0.15, 0.2) is 0 Å². The molecule has 4 heterocycles. The molecule has 43 heavy (non-hydrogen) atoms. The molecule has 2 aromatic heterocycles. The average Bonchev–Trinajstić information content (AvgIpc) is 3.59. The van der Waals surface area contributed by atoms with E-state index in [4.69, 9.17) is 0 Å². The summed E-state index contributed by atoms with van der Waals surface area (Å²) in [7, 11) is 0. The summed E-state index contributed by atoms with van der Waals surface area (Å²) in [5.41, 5.74) is 7.63. The van der Waals surface area contributed by atoms with Crippen LogP contribution in [-0.2, 0) is 38.4 Å². The van der Waals surface area contributed by atoms with Gasteiger partial charge in [-0.3, -0.25) is 9.59 Å². The Morgan fingerprint density at radius 1 is 0.860 bits per heavy atom. The van der Waals surface area contributed by atoms with Crippen LogP contribution in [0.4, 0.5) is 0 Å². The lowest BCUT2D eigenvalue weighted by molar-refractivity contribution is -0.307. The Morgan fingerprint density at radius 3 is 2.09 bits per heavy atom. The molecular formula is C33H34N4O6-2. The van der Waals surface area contributed by atoms with Crippen molar-refractivity contribution in [2.75, 3.05) is 0 Å². The number of nitrogens with one attached hydrogen (secondary N) is 3. The van der Waals surface area contributed by atoms with Gasteiger partial charge >= 0.3 is 0 Å². The first-order chi connectivity index (χ1) is 20.4. The van der Waals surface area contributed by atoms with E-state index in [0.29, 0.717) is 45.2 Å². The zero-order valence-electron chi connectivity index (χ0n) is 24.7. The van der Waals surface area contributed by atoms with Crippen LogP contribution in [0.25, 0.3) is 12.2 Å². The predicted octanol–water partition coefficient (Wildman–Crippen LogP) is -0.0390. The number of hydrogen-bond acceptors (Lipinski definition) is 6. The number of nitrogens with zero attached hydrogens (tertiary/aromatic N) is 1. The fraction of sp³-hybridized carbons (Fsp3) is 0.303. The predicted molar refractivity (Wildman–Crippen MR) is 159 cm³/mol. The Labute approximate surface area is 249 Å². The molecule has 10 nitrogen and oxygen atoms in total. The molecule has 0 saturated carbocycles. The van der Waals surface area contributed by atoms with Crippen LogP contribution in [0.3, 0.4) is 0 Å². The summed E-state index contributed by atoms with van der Waals surface area (Å²) in [6.45, 7) is 14.8. The highest BCUT2D eigenvalue weighted by Crippen LogP contribution is 2.26. The molecule has 4 rings (SSSR count). The number of carbonyl (C=O) groups excluding carboxylic acids is 4. The number of aromatic amines is 2. The zero-order valence-corrected chi connectivity index (χ0v) is 24.7. The first-order valence-electron chi connectivity index (χ1n) is 14.0. The summed E-state index contributed by atoms with van der Waals surface area (Å²) in [6, 6.07) is -0.289. The number of carboxylic acid groups (broad SMARTS) is 2. The van der Waals surface area contributed by atoms with Crippen LogP contribution in [0, 0.1) is 13.8 Å². The number of aromatic nitrogens is 2. The van der Waals surface area contributed by atoms with Crippen LogP contribution in [0.15, 0.2) is 52.6 Å². The summed E-state index contributed by atoms with van der Waals surface area (Å²) < 4.78 is 0. The van der Waals surface area contributed by atoms with Gasteiger partial charge in [0.1, 0.15) is 0 Å². The van der Waals surface area contributed by atoms with Gasteiger partial charge in [0.05, 0.1) is 11.8 Å². The Morgan fingerprint density at radius 2 is 1.51 bits per heavy atom. The molecule has 0 bridgehead atoms. The molecule has 0 spiro atoms. The van der Waals surface area contributed by atoms with Crippen LogP contribution in [0.1, 0.15) is 60.3 Å². The molecular weight excluding hydrogens is 548 g/mol. The lowest BCUT2D eigenvalue weighted by Gasteiger charge is -2.13. The molecule has 2 aromatic rings. The van der Waals surface area contributed by atoms with E-state index in [1.165, 1.54) is 6.08 Å². The molecule has 1 atom stereocenters. The summed E-state index contributed by atoms with van der Waals surface area (Å²) in [5.74, 6) is -2.90. The van der Waals surface area contributed by atoms with Gasteiger partial charge in [-0.15, -0.1) is 0 Å². The summed E-state index contributed by atoms with van der Waals surface area (Å²) in [4.78, 5) is 58.2. The molecule has 0 unspecified atom stereocenters. The van der Waals surface area contributed by atoms with E-state index >= 15 is 0 Å². The van der Waals surface area contributed by atoms with E-state index in [0.717, 1.165) is 33.5 Å². The van der Waals surface area contributed by atoms with E-state index in [1.54, 1.807) is 26.0 Å². The van der Waals surface area contributed by atoms with Crippen molar-refractivity contribution in [2.24, 2.45) is 4.99 Å². The monoisotopic (exact) mass is 582 g/mol. The van der Waals surface area contributed by atoms with E-state index in [9.17, 15) is 29.4 Å². The fourth-order valence-corrected chi connectivity index (χ4v) is 5.70. The lowest BCUT2D eigenvalue weighted by atomic mass is 9.98. The third-order valence-electron chi connectivity index (χ3n) is 8.22. The van der Waals surface area contributed by atoms with Crippen molar-refractivity contribution in [3.8, 4) is 0 Å². The highest BCUT2D eigenvalue weighted by Gasteiger charge is 2.28. The maximum absolute atomic E-state index is 12.3. The number of amides is 2. The number of hydrogen-bond donors (Lipinski definition) is 3. The van der Waals surface area contributed by atoms with Crippen LogP contribution < -0.4 is 26.2 Å². The van der Waals surface area contributed by atoms with Gasteiger partial charge in [-0.05, 0) is 98.9 Å². The Kier molecular flexibility index (Phi) is 8.99. The average molecular weight is 583 g/mol. The van der Waals surface area contributed by atoms with Gasteiger partial charge in [-0.25, -0.2) is 4.99 Å². The molecule has 0 aliphatic carbocycles. The van der Waals surface area contributed by atoms with E-state index in [2.05, 4.69) is 33.4 Å². The minimum absolute atomic E-state index is 0.157. The topological polar surface area (TPSA) is 170 Å². The number of aliphatic imine (C=N–C) groups is 1. The Balaban J connectivity index is 1.87. The first-order valence-corrected chi connectivity index (χ1v) is 14.0. The van der Waals surface area contributed by atoms with Gasteiger partial charge in [0, 0.05) is 51.6 Å². The molecule has 0 fully saturated rings. The minimum atomic E-state index is -1.19. The zero-order chi connectivity index (χ0) is 31.6. The Hall–Kier alpha value is -4.99. The van der Waals surface area contributed by atoms with Crippen molar-refractivity contribution in [3.63, 3.8) is 0 Å². The van der Waals surface area contributed by atoms with Crippen LogP contribution in [0.5, 0.6) is 0 Å². The van der Waals surface area contributed by atoms with Crippen LogP contribution in [-0.4, -0.2) is 45.5 Å². The maximum atomic E-state index is 12.3. The molecule has 0 aromatic carbocycles. The number of rotatable bonds is 12. The molecule has 0 radical (unpaired) electrons. The van der Waals surface area contributed by atoms with Gasteiger partial charge in [-0.1, -0.05) is 25.3 Å². The van der Waals surface area contributed by atoms with Crippen molar-refractivity contribution in [1.82, 2.24) is 15.3 Å². The van der Waals surface area contributed by atoms with Crippen LogP contribution >= 0.6 is 0 Å².